The van der Waals surface area contributed by atoms with E-state index in [0.29, 0.717) is 24.5 Å². The average molecular weight is 534 g/mol. The van der Waals surface area contributed by atoms with Crippen LogP contribution >= 0.6 is 0 Å². The van der Waals surface area contributed by atoms with Crippen LogP contribution in [0.4, 0.5) is 0 Å². The van der Waals surface area contributed by atoms with E-state index in [-0.39, 0.29) is 0 Å². The molecule has 204 valence electrons. The number of aryl methyl sites for hydroxylation is 1. The second-order valence-corrected chi connectivity index (χ2v) is 11.1. The lowest BCUT2D eigenvalue weighted by Crippen LogP contribution is -2.35. The summed E-state index contributed by atoms with van der Waals surface area (Å²) in [7, 11) is 0. The number of ether oxygens (including phenoxy) is 2. The summed E-state index contributed by atoms with van der Waals surface area (Å²) in [6.45, 7) is 7.24. The topological polar surface area (TPSA) is 65.3 Å². The molecule has 7 rings (SSSR count). The number of fused-ring (bicyclic) bond motifs is 2. The van der Waals surface area contributed by atoms with Crippen LogP contribution in [0.15, 0.2) is 72.8 Å². The molecule has 7 heteroatoms. The van der Waals surface area contributed by atoms with E-state index in [2.05, 4.69) is 58.9 Å². The third-order valence-corrected chi connectivity index (χ3v) is 8.30. The Hall–Kier alpha value is -3.81. The lowest BCUT2D eigenvalue weighted by atomic mass is 9.93. The molecule has 40 heavy (non-hydrogen) atoms. The Kier molecular flexibility index (Phi) is 6.92. The largest absolute Gasteiger partial charge is 0.471 e. The van der Waals surface area contributed by atoms with E-state index in [4.69, 9.17) is 24.4 Å². The highest BCUT2D eigenvalue weighted by atomic mass is 16.5. The number of benzene rings is 2. The maximum absolute atomic E-state index is 6.06. The Bertz CT molecular complexity index is 1640. The van der Waals surface area contributed by atoms with Crippen molar-refractivity contribution in [1.29, 1.82) is 0 Å². The van der Waals surface area contributed by atoms with Gasteiger partial charge in [-0.2, -0.15) is 0 Å². The van der Waals surface area contributed by atoms with Gasteiger partial charge in [0.1, 0.15) is 12.4 Å². The molecule has 2 saturated heterocycles. The van der Waals surface area contributed by atoms with Gasteiger partial charge >= 0.3 is 0 Å². The van der Waals surface area contributed by atoms with Gasteiger partial charge in [-0.15, -0.1) is 0 Å². The molecule has 0 aliphatic carbocycles. The van der Waals surface area contributed by atoms with Crippen LogP contribution in [-0.2, 0) is 24.4 Å². The van der Waals surface area contributed by atoms with Gasteiger partial charge in [-0.1, -0.05) is 36.4 Å². The van der Waals surface area contributed by atoms with Gasteiger partial charge in [0.2, 0.25) is 5.88 Å². The third kappa shape index (κ3) is 5.31. The van der Waals surface area contributed by atoms with Crippen LogP contribution in [0.1, 0.15) is 48.0 Å². The SMILES string of the molecule is Cc1ccc2nc(CN3CCC(c4cccc(OCc5ccc6ccccc6n5)n4)CC3)n(CC3CCO3)c2c1. The first-order chi connectivity index (χ1) is 19.7. The van der Waals surface area contributed by atoms with Crippen molar-refractivity contribution in [3.63, 3.8) is 0 Å². The van der Waals surface area contributed by atoms with Crippen molar-refractivity contribution in [1.82, 2.24) is 24.4 Å². The molecule has 2 fully saturated rings. The van der Waals surface area contributed by atoms with Crippen LogP contribution in [0.3, 0.4) is 0 Å². The van der Waals surface area contributed by atoms with Crippen LogP contribution in [0.2, 0.25) is 0 Å². The predicted molar refractivity (Wildman–Crippen MR) is 156 cm³/mol. The zero-order chi connectivity index (χ0) is 26.9. The number of para-hydroxylation sites is 1. The molecule has 0 amide bonds. The highest BCUT2D eigenvalue weighted by Crippen LogP contribution is 2.30. The van der Waals surface area contributed by atoms with Crippen molar-refractivity contribution in [3.8, 4) is 5.88 Å². The number of hydrogen-bond acceptors (Lipinski definition) is 6. The summed E-state index contributed by atoms with van der Waals surface area (Å²) in [5.41, 5.74) is 6.58. The number of likely N-dealkylation sites (tertiary alicyclic amines) is 1. The zero-order valence-corrected chi connectivity index (χ0v) is 23.0. The van der Waals surface area contributed by atoms with Gasteiger partial charge in [-0.05, 0) is 75.2 Å². The summed E-state index contributed by atoms with van der Waals surface area (Å²) in [6, 6.07) is 25.0. The van der Waals surface area contributed by atoms with E-state index in [1.807, 2.05) is 30.3 Å². The van der Waals surface area contributed by atoms with Gasteiger partial charge in [0.25, 0.3) is 0 Å². The molecule has 0 spiro atoms. The van der Waals surface area contributed by atoms with E-state index in [1.54, 1.807) is 0 Å². The molecule has 0 saturated carbocycles. The molecule has 0 N–H and O–H groups in total. The van der Waals surface area contributed by atoms with E-state index >= 15 is 0 Å². The molecule has 5 heterocycles. The van der Waals surface area contributed by atoms with Crippen molar-refractivity contribution < 1.29 is 9.47 Å². The molecule has 1 atom stereocenters. The highest BCUT2D eigenvalue weighted by Gasteiger charge is 2.26. The molecular weight excluding hydrogens is 498 g/mol. The van der Waals surface area contributed by atoms with Gasteiger partial charge < -0.3 is 14.0 Å². The molecule has 7 nitrogen and oxygen atoms in total. The minimum absolute atomic E-state index is 0.306. The summed E-state index contributed by atoms with van der Waals surface area (Å²) < 4.78 is 14.2. The molecule has 0 bridgehead atoms. The summed E-state index contributed by atoms with van der Waals surface area (Å²) in [5, 5.41) is 1.14. The van der Waals surface area contributed by atoms with Crippen molar-refractivity contribution >= 4 is 21.9 Å². The average Bonchev–Trinajstić information content (AvgIpc) is 3.30. The second kappa shape index (κ2) is 11.0. The van der Waals surface area contributed by atoms with Crippen LogP contribution in [-0.4, -0.2) is 50.2 Å². The fourth-order valence-corrected chi connectivity index (χ4v) is 5.90. The Labute approximate surface area is 234 Å². The predicted octanol–water partition coefficient (Wildman–Crippen LogP) is 6.04. The van der Waals surface area contributed by atoms with Crippen molar-refractivity contribution in [3.05, 3.63) is 95.6 Å². The van der Waals surface area contributed by atoms with Gasteiger partial charge in [-0.25, -0.2) is 15.0 Å². The van der Waals surface area contributed by atoms with E-state index < -0.39 is 0 Å². The second-order valence-electron chi connectivity index (χ2n) is 11.1. The number of rotatable bonds is 8. The first-order valence-electron chi connectivity index (χ1n) is 14.4. The van der Waals surface area contributed by atoms with Gasteiger partial charge in [0, 0.05) is 29.7 Å². The zero-order valence-electron chi connectivity index (χ0n) is 23.0. The molecule has 2 aliphatic heterocycles. The van der Waals surface area contributed by atoms with Crippen molar-refractivity contribution in [2.75, 3.05) is 19.7 Å². The van der Waals surface area contributed by atoms with E-state index in [0.717, 1.165) is 85.7 Å². The summed E-state index contributed by atoms with van der Waals surface area (Å²) in [5.74, 6) is 2.24. The number of hydrogen-bond donors (Lipinski definition) is 0. The maximum atomic E-state index is 6.06. The summed E-state index contributed by atoms with van der Waals surface area (Å²) in [4.78, 5) is 17.2. The minimum atomic E-state index is 0.306. The first kappa shape index (κ1) is 25.2. The number of aromatic nitrogens is 4. The van der Waals surface area contributed by atoms with Gasteiger partial charge in [-0.3, -0.25) is 4.90 Å². The number of imidazole rings is 1. The Morgan fingerprint density at radius 1 is 0.875 bits per heavy atom. The third-order valence-electron chi connectivity index (χ3n) is 8.30. The quantitative estimate of drug-likeness (QED) is 0.242. The fraction of sp³-hybridized carbons (Fsp3) is 0.364. The number of nitrogens with zero attached hydrogens (tertiary/aromatic N) is 5. The molecule has 2 aliphatic rings. The Morgan fingerprint density at radius 2 is 1.75 bits per heavy atom. The van der Waals surface area contributed by atoms with Crippen molar-refractivity contribution in [2.24, 2.45) is 0 Å². The van der Waals surface area contributed by atoms with Gasteiger partial charge in [0.15, 0.2) is 0 Å². The van der Waals surface area contributed by atoms with Crippen LogP contribution in [0.25, 0.3) is 21.9 Å². The Morgan fingerprint density at radius 3 is 2.60 bits per heavy atom. The van der Waals surface area contributed by atoms with E-state index in [1.165, 1.54) is 11.1 Å². The maximum Gasteiger partial charge on any atom is 0.213 e. The molecule has 0 radical (unpaired) electrons. The van der Waals surface area contributed by atoms with Crippen LogP contribution in [0.5, 0.6) is 5.88 Å². The van der Waals surface area contributed by atoms with Crippen molar-refractivity contribution in [2.45, 2.75) is 57.9 Å². The number of piperidine rings is 1. The molecule has 1 unspecified atom stereocenters. The van der Waals surface area contributed by atoms with E-state index in [9.17, 15) is 0 Å². The molecular formula is C33H35N5O2. The molecule has 5 aromatic rings. The standard InChI is InChI=1S/C33H35N5O2/c1-23-9-12-30-31(19-23)38(20-27-15-18-39-27)32(35-30)21-37-16-13-25(14-17-37)29-7-4-8-33(36-29)40-22-26-11-10-24-5-2-3-6-28(24)34-26/h2-12,19,25,27H,13-18,20-22H2,1H3. The normalized spacial score (nSPS) is 18.3. The van der Waals surface area contributed by atoms with Crippen LogP contribution < -0.4 is 4.74 Å². The monoisotopic (exact) mass is 533 g/mol. The molecule has 2 aromatic carbocycles. The van der Waals surface area contributed by atoms with Gasteiger partial charge in [0.05, 0.1) is 41.4 Å². The lowest BCUT2D eigenvalue weighted by Gasteiger charge is -2.32. The highest BCUT2D eigenvalue weighted by molar-refractivity contribution is 5.78. The summed E-state index contributed by atoms with van der Waals surface area (Å²) in [6.07, 6.45) is 3.59. The smallest absolute Gasteiger partial charge is 0.213 e. The minimum Gasteiger partial charge on any atom is -0.471 e. The van der Waals surface area contributed by atoms with Crippen LogP contribution in [0, 0.1) is 6.92 Å². The Balaban J connectivity index is 0.989. The number of pyridine rings is 2. The fourth-order valence-electron chi connectivity index (χ4n) is 5.90. The first-order valence-corrected chi connectivity index (χ1v) is 14.4. The lowest BCUT2D eigenvalue weighted by molar-refractivity contribution is -0.0592. The molecule has 3 aromatic heterocycles. The summed E-state index contributed by atoms with van der Waals surface area (Å²) >= 11 is 0.